The van der Waals surface area contributed by atoms with Crippen molar-refractivity contribution in [3.8, 4) is 11.5 Å². The van der Waals surface area contributed by atoms with E-state index in [0.29, 0.717) is 31.1 Å². The van der Waals surface area contributed by atoms with Crippen LogP contribution in [0.1, 0.15) is 20.3 Å². The summed E-state index contributed by atoms with van der Waals surface area (Å²) in [6.45, 7) is 4.45. The summed E-state index contributed by atoms with van der Waals surface area (Å²) >= 11 is 0. The maximum Gasteiger partial charge on any atom is 0.324 e. The second kappa shape index (κ2) is 7.18. The van der Waals surface area contributed by atoms with Gasteiger partial charge in [0.15, 0.2) is 11.5 Å². The first-order valence-electron chi connectivity index (χ1n) is 7.39. The van der Waals surface area contributed by atoms with Crippen molar-refractivity contribution in [3.63, 3.8) is 0 Å². The van der Waals surface area contributed by atoms with Gasteiger partial charge in [0.1, 0.15) is 19.3 Å². The highest BCUT2D eigenvalue weighted by Crippen LogP contribution is 2.32. The van der Waals surface area contributed by atoms with Gasteiger partial charge in [0, 0.05) is 6.07 Å². The average Bonchev–Trinajstić information content (AvgIpc) is 2.57. The molecule has 128 valence electrons. The Labute approximate surface area is 136 Å². The Hall–Kier alpha value is -1.80. The van der Waals surface area contributed by atoms with Gasteiger partial charge in [-0.2, -0.15) is 4.72 Å². The highest BCUT2D eigenvalue weighted by molar-refractivity contribution is 7.89. The van der Waals surface area contributed by atoms with E-state index in [9.17, 15) is 13.2 Å². The predicted octanol–water partition coefficient (Wildman–Crippen LogP) is 1.32. The first-order valence-corrected chi connectivity index (χ1v) is 8.87. The van der Waals surface area contributed by atoms with Crippen LogP contribution >= 0.6 is 0 Å². The number of hydrogen-bond acceptors (Lipinski definition) is 6. The second-order valence-corrected chi connectivity index (χ2v) is 7.03. The van der Waals surface area contributed by atoms with E-state index in [1.54, 1.807) is 13.0 Å². The molecule has 0 aliphatic carbocycles. The third kappa shape index (κ3) is 3.94. The van der Waals surface area contributed by atoms with Gasteiger partial charge in [-0.1, -0.05) is 20.3 Å². The molecule has 1 aromatic carbocycles. The van der Waals surface area contributed by atoms with Crippen LogP contribution in [0.25, 0.3) is 0 Å². The van der Waals surface area contributed by atoms with Gasteiger partial charge in [-0.05, 0) is 18.1 Å². The molecule has 1 aromatic rings. The lowest BCUT2D eigenvalue weighted by Gasteiger charge is -2.22. The van der Waals surface area contributed by atoms with Crippen molar-refractivity contribution in [1.82, 2.24) is 4.72 Å². The molecule has 1 N–H and O–H groups in total. The van der Waals surface area contributed by atoms with Gasteiger partial charge in [0.25, 0.3) is 0 Å². The molecule has 1 aliphatic heterocycles. The molecule has 7 nitrogen and oxygen atoms in total. The number of carbonyl (C=O) groups is 1. The van der Waals surface area contributed by atoms with E-state index in [2.05, 4.69) is 4.72 Å². The lowest BCUT2D eigenvalue weighted by Crippen LogP contribution is -2.45. The fourth-order valence-electron chi connectivity index (χ4n) is 2.19. The number of esters is 1. The van der Waals surface area contributed by atoms with Crippen molar-refractivity contribution in [2.45, 2.75) is 31.2 Å². The van der Waals surface area contributed by atoms with E-state index in [-0.39, 0.29) is 10.8 Å². The summed E-state index contributed by atoms with van der Waals surface area (Å²) in [4.78, 5) is 11.9. The number of fused-ring (bicyclic) bond motifs is 1. The topological polar surface area (TPSA) is 90.9 Å². The number of hydrogen-bond donors (Lipinski definition) is 1. The Bertz CT molecular complexity index is 673. The minimum atomic E-state index is -3.89. The maximum absolute atomic E-state index is 12.6. The van der Waals surface area contributed by atoms with Crippen LogP contribution < -0.4 is 14.2 Å². The Balaban J connectivity index is 2.28. The zero-order chi connectivity index (χ0) is 17.0. The molecule has 0 fully saturated rings. The molecule has 0 saturated carbocycles. The van der Waals surface area contributed by atoms with Gasteiger partial charge >= 0.3 is 5.97 Å². The van der Waals surface area contributed by atoms with Crippen LogP contribution in [0.3, 0.4) is 0 Å². The Morgan fingerprint density at radius 3 is 2.57 bits per heavy atom. The molecule has 0 saturated heterocycles. The third-order valence-electron chi connectivity index (χ3n) is 3.77. The van der Waals surface area contributed by atoms with Crippen LogP contribution in [0, 0.1) is 5.92 Å². The molecule has 0 bridgehead atoms. The third-order valence-corrected chi connectivity index (χ3v) is 5.21. The molecule has 0 spiro atoms. The van der Waals surface area contributed by atoms with Gasteiger partial charge in [0.2, 0.25) is 10.0 Å². The molecule has 23 heavy (non-hydrogen) atoms. The van der Waals surface area contributed by atoms with Crippen LogP contribution in [0.2, 0.25) is 0 Å². The van der Waals surface area contributed by atoms with Crippen LogP contribution in [0.5, 0.6) is 11.5 Å². The number of benzene rings is 1. The summed E-state index contributed by atoms with van der Waals surface area (Å²) in [5.74, 6) is 0.0637. The molecule has 2 atom stereocenters. The van der Waals surface area contributed by atoms with Crippen molar-refractivity contribution >= 4 is 16.0 Å². The van der Waals surface area contributed by atoms with Crippen molar-refractivity contribution < 1.29 is 27.4 Å². The summed E-state index contributed by atoms with van der Waals surface area (Å²) in [5, 5.41) is 0. The molecular formula is C15H21NO6S. The zero-order valence-corrected chi connectivity index (χ0v) is 14.2. The molecule has 0 radical (unpaired) electrons. The van der Waals surface area contributed by atoms with Crippen molar-refractivity contribution in [2.24, 2.45) is 5.92 Å². The normalized spacial score (nSPS) is 16.5. The highest BCUT2D eigenvalue weighted by Gasteiger charge is 2.31. The SMILES string of the molecule is CC[C@H](C)[C@@H](NS(=O)(=O)c1ccc2c(c1)OCCO2)C(=O)OC. The predicted molar refractivity (Wildman–Crippen MR) is 83.0 cm³/mol. The Kier molecular flexibility index (Phi) is 5.48. The smallest absolute Gasteiger partial charge is 0.324 e. The molecule has 0 aromatic heterocycles. The van der Waals surface area contributed by atoms with Crippen molar-refractivity contribution in [3.05, 3.63) is 18.2 Å². The van der Waals surface area contributed by atoms with Crippen LogP contribution in [-0.4, -0.2) is 40.8 Å². The van der Waals surface area contributed by atoms with E-state index in [0.717, 1.165) is 0 Å². The van der Waals surface area contributed by atoms with Gasteiger partial charge < -0.3 is 14.2 Å². The van der Waals surface area contributed by atoms with Crippen LogP contribution in [0.4, 0.5) is 0 Å². The minimum absolute atomic E-state index is 0.0129. The summed E-state index contributed by atoms with van der Waals surface area (Å²) in [6, 6.07) is 3.41. The van der Waals surface area contributed by atoms with E-state index >= 15 is 0 Å². The standard InChI is InChI=1S/C15H21NO6S/c1-4-10(2)14(15(17)20-3)16-23(18,19)11-5-6-12-13(9-11)22-8-7-21-12/h5-6,9-10,14,16H,4,7-8H2,1-3H3/t10-,14+/m0/s1. The molecule has 8 heteroatoms. The van der Waals surface area contributed by atoms with E-state index < -0.39 is 22.0 Å². The summed E-state index contributed by atoms with van der Waals surface area (Å²) in [6.07, 6.45) is 0.628. The first kappa shape index (κ1) is 17.6. The summed E-state index contributed by atoms with van der Waals surface area (Å²) in [5.41, 5.74) is 0. The lowest BCUT2D eigenvalue weighted by atomic mass is 10.0. The highest BCUT2D eigenvalue weighted by atomic mass is 32.2. The number of methoxy groups -OCH3 is 1. The van der Waals surface area contributed by atoms with Crippen molar-refractivity contribution in [1.29, 1.82) is 0 Å². The van der Waals surface area contributed by atoms with Gasteiger partial charge in [-0.15, -0.1) is 0 Å². The zero-order valence-electron chi connectivity index (χ0n) is 13.4. The molecule has 0 amide bonds. The fraction of sp³-hybridized carbons (Fsp3) is 0.533. The first-order chi connectivity index (χ1) is 10.9. The Morgan fingerprint density at radius 2 is 1.96 bits per heavy atom. The number of sulfonamides is 1. The number of rotatable bonds is 6. The van der Waals surface area contributed by atoms with Crippen LogP contribution in [-0.2, 0) is 19.6 Å². The van der Waals surface area contributed by atoms with Gasteiger partial charge in [0.05, 0.1) is 12.0 Å². The van der Waals surface area contributed by atoms with E-state index in [1.807, 2.05) is 6.92 Å². The molecule has 2 rings (SSSR count). The Morgan fingerprint density at radius 1 is 1.30 bits per heavy atom. The van der Waals surface area contributed by atoms with Crippen molar-refractivity contribution in [2.75, 3.05) is 20.3 Å². The molecule has 1 aliphatic rings. The van der Waals surface area contributed by atoms with Crippen LogP contribution in [0.15, 0.2) is 23.1 Å². The molecular weight excluding hydrogens is 322 g/mol. The second-order valence-electron chi connectivity index (χ2n) is 5.31. The molecule has 1 heterocycles. The number of nitrogens with one attached hydrogen (secondary N) is 1. The summed E-state index contributed by atoms with van der Waals surface area (Å²) < 4.78 is 43.0. The fourth-order valence-corrected chi connectivity index (χ4v) is 3.49. The minimum Gasteiger partial charge on any atom is -0.486 e. The number of ether oxygens (including phenoxy) is 3. The monoisotopic (exact) mass is 343 g/mol. The largest absolute Gasteiger partial charge is 0.486 e. The van der Waals surface area contributed by atoms with Gasteiger partial charge in [-0.25, -0.2) is 8.42 Å². The van der Waals surface area contributed by atoms with E-state index in [4.69, 9.17) is 14.2 Å². The van der Waals surface area contributed by atoms with Gasteiger partial charge in [-0.3, -0.25) is 4.79 Å². The molecule has 0 unspecified atom stereocenters. The van der Waals surface area contributed by atoms with E-state index in [1.165, 1.54) is 19.2 Å². The number of carbonyl (C=O) groups excluding carboxylic acids is 1. The average molecular weight is 343 g/mol. The summed E-state index contributed by atoms with van der Waals surface area (Å²) in [7, 11) is -2.66. The maximum atomic E-state index is 12.6. The lowest BCUT2D eigenvalue weighted by molar-refractivity contribution is -0.143. The quantitative estimate of drug-likeness (QED) is 0.784.